The molecule has 12 heteroatoms. The summed E-state index contributed by atoms with van der Waals surface area (Å²) in [4.78, 5) is 10.8. The minimum absolute atomic E-state index is 0.117. The summed E-state index contributed by atoms with van der Waals surface area (Å²) in [6, 6.07) is 8.82. The highest BCUT2D eigenvalue weighted by Crippen LogP contribution is 2.42. The van der Waals surface area contributed by atoms with Crippen LogP contribution in [-0.2, 0) is 19.2 Å². The van der Waals surface area contributed by atoms with Crippen LogP contribution in [0.1, 0.15) is 33.8 Å². The van der Waals surface area contributed by atoms with Crippen molar-refractivity contribution >= 4 is 22.5 Å². The van der Waals surface area contributed by atoms with Crippen LogP contribution >= 0.6 is 11.6 Å². The van der Waals surface area contributed by atoms with Gasteiger partial charge in [0.15, 0.2) is 5.60 Å². The number of methoxy groups -OCH3 is 1. The van der Waals surface area contributed by atoms with E-state index in [0.717, 1.165) is 5.69 Å². The van der Waals surface area contributed by atoms with Gasteiger partial charge in [-0.2, -0.15) is 13.2 Å². The van der Waals surface area contributed by atoms with Crippen molar-refractivity contribution in [3.63, 3.8) is 0 Å². The summed E-state index contributed by atoms with van der Waals surface area (Å²) in [7, 11) is 3.13. The van der Waals surface area contributed by atoms with E-state index in [0.29, 0.717) is 44.0 Å². The van der Waals surface area contributed by atoms with Gasteiger partial charge in [-0.05, 0) is 37.6 Å². The largest absolute Gasteiger partial charge is 0.481 e. The lowest BCUT2D eigenvalue weighted by molar-refractivity contribution is -0.210. The van der Waals surface area contributed by atoms with Gasteiger partial charge in [-0.3, -0.25) is 9.88 Å². The molecule has 1 unspecified atom stereocenters. The second-order valence-corrected chi connectivity index (χ2v) is 10.00. The molecule has 0 aliphatic carbocycles. The quantitative estimate of drug-likeness (QED) is 0.385. The highest BCUT2D eigenvalue weighted by Gasteiger charge is 2.47. The Morgan fingerprint density at radius 2 is 1.87 bits per heavy atom. The third kappa shape index (κ3) is 4.38. The minimum atomic E-state index is -4.23. The van der Waals surface area contributed by atoms with Crippen molar-refractivity contribution in [1.29, 1.82) is 0 Å². The first-order chi connectivity index (χ1) is 17.9. The number of nitrogens with zero attached hydrogens (tertiary/aromatic N) is 6. The number of ether oxygens (including phenoxy) is 1. The molecule has 1 aromatic carbocycles. The van der Waals surface area contributed by atoms with Crippen LogP contribution in [0.15, 0.2) is 36.5 Å². The maximum atomic E-state index is 13.0. The van der Waals surface area contributed by atoms with Gasteiger partial charge in [0, 0.05) is 54.6 Å². The molecule has 1 aliphatic heterocycles. The molecular weight excluding hydrogens is 521 g/mol. The van der Waals surface area contributed by atoms with E-state index in [9.17, 15) is 18.3 Å². The first-order valence-electron chi connectivity index (χ1n) is 11.9. The van der Waals surface area contributed by atoms with Gasteiger partial charge in [0.25, 0.3) is 0 Å². The van der Waals surface area contributed by atoms with Gasteiger partial charge in [-0.1, -0.05) is 28.9 Å². The van der Waals surface area contributed by atoms with Crippen LogP contribution in [0.3, 0.4) is 0 Å². The Hall–Kier alpha value is -3.28. The molecule has 1 N–H and O–H groups in total. The second-order valence-electron chi connectivity index (χ2n) is 9.62. The number of hydrogen-bond donors (Lipinski definition) is 1. The Morgan fingerprint density at radius 1 is 1.13 bits per heavy atom. The number of alkyl halides is 3. The Morgan fingerprint density at radius 3 is 2.47 bits per heavy atom. The fourth-order valence-corrected chi connectivity index (χ4v) is 5.32. The van der Waals surface area contributed by atoms with E-state index in [1.165, 1.54) is 18.0 Å². The van der Waals surface area contributed by atoms with Crippen LogP contribution < -0.4 is 4.74 Å². The molecule has 0 bridgehead atoms. The summed E-state index contributed by atoms with van der Waals surface area (Å²) >= 11 is 6.86. The Kier molecular flexibility index (Phi) is 6.57. The van der Waals surface area contributed by atoms with E-state index < -0.39 is 17.7 Å². The fraction of sp³-hybridized carbons (Fsp3) is 0.385. The molecule has 3 aromatic heterocycles. The molecular formula is C26H26ClF3N6O2. The van der Waals surface area contributed by atoms with Gasteiger partial charge in [0.05, 0.1) is 35.5 Å². The molecule has 0 radical (unpaired) electrons. The Balaban J connectivity index is 1.63. The lowest BCUT2D eigenvalue weighted by Crippen LogP contribution is -2.52. The van der Waals surface area contributed by atoms with Gasteiger partial charge < -0.3 is 9.84 Å². The predicted molar refractivity (Wildman–Crippen MR) is 135 cm³/mol. The number of aliphatic hydroxyl groups is 1. The molecule has 200 valence electrons. The van der Waals surface area contributed by atoms with Gasteiger partial charge in [-0.15, -0.1) is 5.10 Å². The van der Waals surface area contributed by atoms with Crippen molar-refractivity contribution in [2.45, 2.75) is 32.2 Å². The standard InChI is InChI=1S/C26H26ClF3N6O2/c1-14-5-7-20(15(2)32-14)25(37,22-10-31-34-35(22)3)16-6-8-21-18(9-16)23(27)19(24(33-21)38-4)13-36-11-17(12-36)26(28,29)30/h5-10,17,37H,11-13H2,1-4H3. The summed E-state index contributed by atoms with van der Waals surface area (Å²) in [5, 5.41) is 21.1. The number of aromatic nitrogens is 5. The highest BCUT2D eigenvalue weighted by molar-refractivity contribution is 6.36. The van der Waals surface area contributed by atoms with Crippen molar-refractivity contribution in [2.24, 2.45) is 13.0 Å². The average molecular weight is 547 g/mol. The average Bonchev–Trinajstić information content (AvgIpc) is 3.26. The molecule has 8 nitrogen and oxygen atoms in total. The number of pyridine rings is 2. The zero-order valence-corrected chi connectivity index (χ0v) is 22.0. The molecule has 38 heavy (non-hydrogen) atoms. The molecule has 0 saturated carbocycles. The van der Waals surface area contributed by atoms with Crippen molar-refractivity contribution in [3.05, 3.63) is 75.3 Å². The van der Waals surface area contributed by atoms with Crippen LogP contribution in [0.2, 0.25) is 5.02 Å². The van der Waals surface area contributed by atoms with Gasteiger partial charge in [0.2, 0.25) is 5.88 Å². The molecule has 1 fully saturated rings. The maximum absolute atomic E-state index is 13.0. The van der Waals surface area contributed by atoms with Crippen molar-refractivity contribution in [3.8, 4) is 5.88 Å². The number of aryl methyl sites for hydroxylation is 3. The van der Waals surface area contributed by atoms with E-state index in [-0.39, 0.29) is 25.5 Å². The zero-order valence-electron chi connectivity index (χ0n) is 21.2. The lowest BCUT2D eigenvalue weighted by atomic mass is 9.82. The fourth-order valence-electron chi connectivity index (χ4n) is 5.03. The number of benzene rings is 1. The van der Waals surface area contributed by atoms with Crippen LogP contribution in [0, 0.1) is 19.8 Å². The first-order valence-corrected chi connectivity index (χ1v) is 12.3. The van der Waals surface area contributed by atoms with Crippen molar-refractivity contribution in [2.75, 3.05) is 20.2 Å². The molecule has 1 aliphatic rings. The normalized spacial score (nSPS) is 16.4. The SMILES string of the molecule is COc1nc2ccc(C(O)(c3ccc(C)nc3C)c3cnnn3C)cc2c(Cl)c1CN1CC(C(F)(F)F)C1. The minimum Gasteiger partial charge on any atom is -0.481 e. The third-order valence-corrected chi connectivity index (χ3v) is 7.52. The number of likely N-dealkylation sites (tertiary alicyclic amines) is 1. The first kappa shape index (κ1) is 26.3. The summed E-state index contributed by atoms with van der Waals surface area (Å²) in [6.07, 6.45) is -2.74. The molecule has 4 heterocycles. The van der Waals surface area contributed by atoms with E-state index in [1.54, 1.807) is 30.1 Å². The number of hydrogen-bond acceptors (Lipinski definition) is 7. The second kappa shape index (κ2) is 9.48. The molecule has 1 saturated heterocycles. The van der Waals surface area contributed by atoms with Gasteiger partial charge in [0.1, 0.15) is 0 Å². The topological polar surface area (TPSA) is 89.2 Å². The monoisotopic (exact) mass is 546 g/mol. The van der Waals surface area contributed by atoms with Crippen molar-refractivity contribution < 1.29 is 23.0 Å². The summed E-state index contributed by atoms with van der Waals surface area (Å²) < 4.78 is 46.0. The van der Waals surface area contributed by atoms with Crippen LogP contribution in [-0.4, -0.2) is 61.3 Å². The summed E-state index contributed by atoms with van der Waals surface area (Å²) in [6.45, 7) is 3.60. The van der Waals surface area contributed by atoms with E-state index in [2.05, 4.69) is 20.3 Å². The Bertz CT molecular complexity index is 1520. The smallest absolute Gasteiger partial charge is 0.394 e. The van der Waals surface area contributed by atoms with Crippen LogP contribution in [0.25, 0.3) is 10.9 Å². The van der Waals surface area contributed by atoms with E-state index >= 15 is 0 Å². The van der Waals surface area contributed by atoms with Gasteiger partial charge in [-0.25, -0.2) is 9.67 Å². The highest BCUT2D eigenvalue weighted by atomic mass is 35.5. The molecule has 4 aromatic rings. The van der Waals surface area contributed by atoms with Crippen LogP contribution in [0.5, 0.6) is 5.88 Å². The lowest BCUT2D eigenvalue weighted by Gasteiger charge is -2.40. The predicted octanol–water partition coefficient (Wildman–Crippen LogP) is 4.32. The number of halogens is 4. The molecule has 5 rings (SSSR count). The molecule has 1 atom stereocenters. The third-order valence-electron chi connectivity index (χ3n) is 7.09. The van der Waals surface area contributed by atoms with Crippen molar-refractivity contribution in [1.82, 2.24) is 29.9 Å². The van der Waals surface area contributed by atoms with E-state index in [4.69, 9.17) is 16.3 Å². The Labute approximate surface area is 222 Å². The number of rotatable bonds is 6. The zero-order chi connectivity index (χ0) is 27.4. The molecule has 0 amide bonds. The maximum Gasteiger partial charge on any atom is 0.394 e. The van der Waals surface area contributed by atoms with Gasteiger partial charge >= 0.3 is 6.18 Å². The van der Waals surface area contributed by atoms with Crippen LogP contribution in [0.4, 0.5) is 13.2 Å². The molecule has 0 spiro atoms. The summed E-state index contributed by atoms with van der Waals surface area (Å²) in [5.74, 6) is -1.11. The van der Waals surface area contributed by atoms with E-state index in [1.807, 2.05) is 26.0 Å². The summed E-state index contributed by atoms with van der Waals surface area (Å²) in [5.41, 5.74) is 2.19. The number of fused-ring (bicyclic) bond motifs is 1.